The first kappa shape index (κ1) is 27.2. The van der Waals surface area contributed by atoms with Gasteiger partial charge in [0.1, 0.15) is 0 Å². The first-order valence-electron chi connectivity index (χ1n) is 12.7. The lowest BCUT2D eigenvalue weighted by molar-refractivity contribution is 0.210. The normalized spacial score (nSPS) is 13.9. The molecular formula is C30H34Cl2N4O. The number of anilines is 1. The highest BCUT2D eigenvalue weighted by atomic mass is 35.5. The van der Waals surface area contributed by atoms with E-state index in [9.17, 15) is 4.79 Å². The molecule has 0 bridgehead atoms. The number of amides is 2. The average molecular weight is 538 g/mol. The summed E-state index contributed by atoms with van der Waals surface area (Å²) in [6.07, 6.45) is 0.763. The summed E-state index contributed by atoms with van der Waals surface area (Å²) in [5.74, 6) is 0.156. The van der Waals surface area contributed by atoms with Crippen molar-refractivity contribution >= 4 is 34.9 Å². The van der Waals surface area contributed by atoms with Gasteiger partial charge in [-0.15, -0.1) is 0 Å². The van der Waals surface area contributed by atoms with Gasteiger partial charge in [0.05, 0.1) is 15.7 Å². The predicted molar refractivity (Wildman–Crippen MR) is 155 cm³/mol. The number of urea groups is 1. The summed E-state index contributed by atoms with van der Waals surface area (Å²) < 4.78 is 0. The topological polar surface area (TPSA) is 47.6 Å². The minimum atomic E-state index is -0.240. The van der Waals surface area contributed by atoms with Crippen LogP contribution in [-0.4, -0.2) is 61.6 Å². The van der Waals surface area contributed by atoms with E-state index in [1.807, 2.05) is 17.0 Å². The maximum atomic E-state index is 13.6. The quantitative estimate of drug-likeness (QED) is 0.290. The number of carbonyl (C=O) groups is 1. The predicted octanol–water partition coefficient (Wildman–Crippen LogP) is 6.51. The number of piperazine rings is 1. The van der Waals surface area contributed by atoms with Gasteiger partial charge in [0.15, 0.2) is 0 Å². The van der Waals surface area contributed by atoms with Crippen molar-refractivity contribution in [1.29, 1.82) is 0 Å². The Bertz CT molecular complexity index is 1110. The fourth-order valence-electron chi connectivity index (χ4n) is 4.74. The Hall–Kier alpha value is -2.83. The molecule has 0 aromatic heterocycles. The number of para-hydroxylation sites is 1. The lowest BCUT2D eigenvalue weighted by Crippen LogP contribution is -2.45. The minimum absolute atomic E-state index is 0.156. The molecule has 2 amide bonds. The first-order chi connectivity index (χ1) is 18.0. The highest BCUT2D eigenvalue weighted by molar-refractivity contribution is 6.39. The molecule has 4 rings (SSSR count). The van der Waals surface area contributed by atoms with Gasteiger partial charge in [-0.25, -0.2) is 4.79 Å². The van der Waals surface area contributed by atoms with E-state index in [0.29, 0.717) is 28.8 Å². The zero-order valence-electron chi connectivity index (χ0n) is 21.0. The maximum absolute atomic E-state index is 13.6. The molecule has 3 aromatic carbocycles. The smallest absolute Gasteiger partial charge is 0.320 e. The highest BCUT2D eigenvalue weighted by Crippen LogP contribution is 2.31. The molecule has 37 heavy (non-hydrogen) atoms. The van der Waals surface area contributed by atoms with Gasteiger partial charge in [-0.3, -0.25) is 4.90 Å². The molecule has 1 aliphatic heterocycles. The fourth-order valence-corrected chi connectivity index (χ4v) is 5.23. The van der Waals surface area contributed by atoms with E-state index >= 15 is 0 Å². The molecule has 1 fully saturated rings. The summed E-state index contributed by atoms with van der Waals surface area (Å²) >= 11 is 12.7. The second-order valence-electron chi connectivity index (χ2n) is 9.39. The van der Waals surface area contributed by atoms with Crippen molar-refractivity contribution in [2.24, 2.45) is 0 Å². The van der Waals surface area contributed by atoms with Crippen LogP contribution in [0, 0.1) is 0 Å². The third-order valence-corrected chi connectivity index (χ3v) is 7.27. The van der Waals surface area contributed by atoms with Crippen LogP contribution in [-0.2, 0) is 0 Å². The minimum Gasteiger partial charge on any atom is -0.320 e. The van der Waals surface area contributed by atoms with Gasteiger partial charge < -0.3 is 15.5 Å². The summed E-state index contributed by atoms with van der Waals surface area (Å²) in [6, 6.07) is 25.8. The molecule has 0 saturated carbocycles. The standard InChI is InChI=1S/C30H34Cl2N4O/c1-23(21-35-19-16-33-17-20-35)22-36(30(37)34-29-27(31)13-8-14-28(29)32)18-15-26(24-9-4-2-5-10-24)25-11-6-3-7-12-25/h2-14,26,33H,1,15-22H2,(H,34,37). The molecular weight excluding hydrogens is 503 g/mol. The van der Waals surface area contributed by atoms with E-state index in [4.69, 9.17) is 23.2 Å². The molecule has 0 atom stereocenters. The summed E-state index contributed by atoms with van der Waals surface area (Å²) in [5.41, 5.74) is 3.88. The molecule has 1 saturated heterocycles. The Kier molecular flexibility index (Phi) is 10.0. The average Bonchev–Trinajstić information content (AvgIpc) is 2.92. The number of rotatable bonds is 10. The maximum Gasteiger partial charge on any atom is 0.322 e. The Balaban J connectivity index is 1.52. The van der Waals surface area contributed by atoms with E-state index in [-0.39, 0.29) is 11.9 Å². The lowest BCUT2D eigenvalue weighted by Gasteiger charge is -2.31. The molecule has 1 heterocycles. The fraction of sp³-hybridized carbons (Fsp3) is 0.300. The number of halogens is 2. The number of benzene rings is 3. The van der Waals surface area contributed by atoms with E-state index < -0.39 is 0 Å². The van der Waals surface area contributed by atoms with Crippen LogP contribution in [0.3, 0.4) is 0 Å². The van der Waals surface area contributed by atoms with Crippen LogP contribution in [0.4, 0.5) is 10.5 Å². The molecule has 0 unspecified atom stereocenters. The van der Waals surface area contributed by atoms with Crippen LogP contribution >= 0.6 is 23.2 Å². The van der Waals surface area contributed by atoms with Crippen molar-refractivity contribution in [3.63, 3.8) is 0 Å². The number of nitrogens with one attached hydrogen (secondary N) is 2. The highest BCUT2D eigenvalue weighted by Gasteiger charge is 2.22. The second-order valence-corrected chi connectivity index (χ2v) is 10.2. The van der Waals surface area contributed by atoms with Gasteiger partial charge in [0, 0.05) is 51.7 Å². The third kappa shape index (κ3) is 7.83. The van der Waals surface area contributed by atoms with Gasteiger partial charge in [0.2, 0.25) is 0 Å². The van der Waals surface area contributed by atoms with Gasteiger partial charge >= 0.3 is 6.03 Å². The molecule has 3 aromatic rings. The van der Waals surface area contributed by atoms with Crippen LogP contribution in [0.2, 0.25) is 10.0 Å². The SMILES string of the molecule is C=C(CN1CCNCC1)CN(CCC(c1ccccc1)c1ccccc1)C(=O)Nc1c(Cl)cccc1Cl. The van der Waals surface area contributed by atoms with Crippen LogP contribution < -0.4 is 10.6 Å². The van der Waals surface area contributed by atoms with E-state index in [1.54, 1.807) is 18.2 Å². The monoisotopic (exact) mass is 536 g/mol. The molecule has 0 aliphatic carbocycles. The van der Waals surface area contributed by atoms with Gasteiger partial charge in [-0.05, 0) is 35.3 Å². The molecule has 2 N–H and O–H groups in total. The Morgan fingerprint density at radius 3 is 2.05 bits per heavy atom. The van der Waals surface area contributed by atoms with Crippen molar-refractivity contribution in [3.8, 4) is 0 Å². The molecule has 194 valence electrons. The molecule has 7 heteroatoms. The van der Waals surface area contributed by atoms with Crippen molar-refractivity contribution in [2.45, 2.75) is 12.3 Å². The van der Waals surface area contributed by atoms with Gasteiger partial charge in [-0.1, -0.05) is 96.5 Å². The Labute approximate surface area is 230 Å². The molecule has 1 aliphatic rings. The lowest BCUT2D eigenvalue weighted by atomic mass is 9.88. The Morgan fingerprint density at radius 1 is 0.919 bits per heavy atom. The van der Waals surface area contributed by atoms with Crippen molar-refractivity contribution in [1.82, 2.24) is 15.1 Å². The van der Waals surface area contributed by atoms with E-state index in [0.717, 1.165) is 44.7 Å². The van der Waals surface area contributed by atoms with Crippen molar-refractivity contribution in [2.75, 3.05) is 51.1 Å². The summed E-state index contributed by atoms with van der Waals surface area (Å²) in [5, 5.41) is 7.15. The van der Waals surface area contributed by atoms with Crippen molar-refractivity contribution in [3.05, 3.63) is 112 Å². The zero-order chi connectivity index (χ0) is 26.0. The van der Waals surface area contributed by atoms with Crippen LogP contribution in [0.5, 0.6) is 0 Å². The summed E-state index contributed by atoms with van der Waals surface area (Å²) in [4.78, 5) is 17.8. The number of nitrogens with zero attached hydrogens (tertiary/aromatic N) is 2. The van der Waals surface area contributed by atoms with Gasteiger partial charge in [-0.2, -0.15) is 0 Å². The number of hydrogen-bond acceptors (Lipinski definition) is 3. The second kappa shape index (κ2) is 13.6. The van der Waals surface area contributed by atoms with Crippen LogP contribution in [0.1, 0.15) is 23.5 Å². The van der Waals surface area contributed by atoms with Crippen LogP contribution in [0.15, 0.2) is 91.0 Å². The first-order valence-corrected chi connectivity index (χ1v) is 13.5. The molecule has 5 nitrogen and oxygen atoms in total. The Morgan fingerprint density at radius 2 is 1.49 bits per heavy atom. The van der Waals surface area contributed by atoms with Gasteiger partial charge in [0.25, 0.3) is 0 Å². The summed E-state index contributed by atoms with van der Waals surface area (Å²) in [7, 11) is 0. The summed E-state index contributed by atoms with van der Waals surface area (Å²) in [6.45, 7) is 9.98. The largest absolute Gasteiger partial charge is 0.322 e. The third-order valence-electron chi connectivity index (χ3n) is 6.64. The zero-order valence-corrected chi connectivity index (χ0v) is 22.5. The molecule has 0 spiro atoms. The van der Waals surface area contributed by atoms with E-state index in [1.165, 1.54) is 11.1 Å². The van der Waals surface area contributed by atoms with E-state index in [2.05, 4.69) is 70.6 Å². The van der Waals surface area contributed by atoms with Crippen LogP contribution in [0.25, 0.3) is 0 Å². The van der Waals surface area contributed by atoms with Crippen molar-refractivity contribution < 1.29 is 4.79 Å². The molecule has 0 radical (unpaired) electrons. The number of hydrogen-bond donors (Lipinski definition) is 2. The number of carbonyl (C=O) groups excluding carboxylic acids is 1.